The van der Waals surface area contributed by atoms with Gasteiger partial charge in [0, 0.05) is 6.04 Å². The Kier molecular flexibility index (Phi) is 3.72. The zero-order valence-electron chi connectivity index (χ0n) is 8.49. The Labute approximate surface area is 79.7 Å². The third-order valence-corrected chi connectivity index (χ3v) is 3.02. The highest BCUT2D eigenvalue weighted by Gasteiger charge is 2.24. The lowest BCUT2D eigenvalue weighted by atomic mass is 10.0. The Hall–Kier alpha value is -0.570. The van der Waals surface area contributed by atoms with Gasteiger partial charge in [0.05, 0.1) is 5.92 Å². The highest BCUT2D eigenvalue weighted by molar-refractivity contribution is 5.69. The first-order chi connectivity index (χ1) is 6.11. The van der Waals surface area contributed by atoms with Crippen LogP contribution in [0.5, 0.6) is 0 Å². The summed E-state index contributed by atoms with van der Waals surface area (Å²) in [6.07, 6.45) is 4.94. The molecule has 0 aromatic heterocycles. The van der Waals surface area contributed by atoms with Gasteiger partial charge in [-0.05, 0) is 39.8 Å². The van der Waals surface area contributed by atoms with Crippen molar-refractivity contribution in [2.45, 2.75) is 38.1 Å². The van der Waals surface area contributed by atoms with Crippen LogP contribution >= 0.6 is 0 Å². The largest absolute Gasteiger partial charge is 0.481 e. The summed E-state index contributed by atoms with van der Waals surface area (Å²) in [5.74, 6) is -0.704. The quantitative estimate of drug-likeness (QED) is 0.664. The fraction of sp³-hybridized carbons (Fsp3) is 0.900. The topological polar surface area (TPSA) is 40.5 Å². The van der Waals surface area contributed by atoms with Crippen LogP contribution in [0.1, 0.15) is 32.1 Å². The molecule has 0 saturated heterocycles. The van der Waals surface area contributed by atoms with Crippen LogP contribution in [0.15, 0.2) is 0 Å². The molecule has 0 spiro atoms. The van der Waals surface area contributed by atoms with Gasteiger partial charge in [0.25, 0.3) is 0 Å². The molecule has 0 aromatic carbocycles. The molecule has 1 aliphatic rings. The molecule has 1 aliphatic carbocycles. The first-order valence-electron chi connectivity index (χ1n) is 5.00. The van der Waals surface area contributed by atoms with E-state index < -0.39 is 5.97 Å². The molecule has 1 saturated carbocycles. The number of aliphatic carboxylic acids is 1. The first kappa shape index (κ1) is 10.5. The number of carboxylic acids is 1. The smallest absolute Gasteiger partial charge is 0.306 e. The maximum atomic E-state index is 10.8. The Morgan fingerprint density at radius 2 is 1.92 bits per heavy atom. The normalized spacial score (nSPS) is 30.1. The van der Waals surface area contributed by atoms with Crippen molar-refractivity contribution in [2.75, 3.05) is 14.1 Å². The lowest BCUT2D eigenvalue weighted by Crippen LogP contribution is -2.27. The lowest BCUT2D eigenvalue weighted by molar-refractivity contribution is -0.142. The summed E-state index contributed by atoms with van der Waals surface area (Å²) >= 11 is 0. The van der Waals surface area contributed by atoms with E-state index in [4.69, 9.17) is 5.11 Å². The molecule has 0 amide bonds. The average Bonchev–Trinajstić information content (AvgIpc) is 2.27. The summed E-state index contributed by atoms with van der Waals surface area (Å²) in [4.78, 5) is 13.0. The molecular weight excluding hydrogens is 166 g/mol. The van der Waals surface area contributed by atoms with Gasteiger partial charge in [-0.15, -0.1) is 0 Å². The fourth-order valence-corrected chi connectivity index (χ4v) is 2.05. The van der Waals surface area contributed by atoms with Gasteiger partial charge in [0.2, 0.25) is 0 Å². The van der Waals surface area contributed by atoms with E-state index in [2.05, 4.69) is 19.0 Å². The molecule has 3 nitrogen and oxygen atoms in total. The molecular formula is C10H19NO2. The molecule has 0 aliphatic heterocycles. The molecule has 1 fully saturated rings. The number of carboxylic acid groups (broad SMARTS) is 1. The standard InChI is InChI=1S/C10H19NO2/c1-11(2)9-5-3-4-8(6-7-9)10(12)13/h8-9H,3-7H2,1-2H3,(H,12,13). The summed E-state index contributed by atoms with van der Waals surface area (Å²) in [5, 5.41) is 8.87. The lowest BCUT2D eigenvalue weighted by Gasteiger charge is -2.22. The van der Waals surface area contributed by atoms with E-state index in [0.717, 1.165) is 32.1 Å². The molecule has 0 radical (unpaired) electrons. The van der Waals surface area contributed by atoms with E-state index in [1.807, 2.05) is 0 Å². The maximum Gasteiger partial charge on any atom is 0.306 e. The van der Waals surface area contributed by atoms with Gasteiger partial charge in [-0.1, -0.05) is 6.42 Å². The second kappa shape index (κ2) is 4.61. The molecule has 2 unspecified atom stereocenters. The van der Waals surface area contributed by atoms with Crippen molar-refractivity contribution in [3.63, 3.8) is 0 Å². The minimum absolute atomic E-state index is 0.0926. The van der Waals surface area contributed by atoms with Crippen molar-refractivity contribution < 1.29 is 9.90 Å². The second-order valence-electron chi connectivity index (χ2n) is 4.16. The molecule has 2 atom stereocenters. The zero-order chi connectivity index (χ0) is 9.84. The summed E-state index contributed by atoms with van der Waals surface area (Å²) in [6, 6.07) is 0.587. The molecule has 0 aromatic rings. The van der Waals surface area contributed by atoms with Crippen LogP contribution in [0.4, 0.5) is 0 Å². The van der Waals surface area contributed by atoms with Crippen molar-refractivity contribution >= 4 is 5.97 Å². The first-order valence-corrected chi connectivity index (χ1v) is 5.00. The fourth-order valence-electron chi connectivity index (χ4n) is 2.05. The van der Waals surface area contributed by atoms with Crippen LogP contribution < -0.4 is 0 Å². The third kappa shape index (κ3) is 2.99. The number of rotatable bonds is 2. The Morgan fingerprint density at radius 3 is 2.46 bits per heavy atom. The van der Waals surface area contributed by atoms with E-state index in [0.29, 0.717) is 6.04 Å². The number of nitrogens with zero attached hydrogens (tertiary/aromatic N) is 1. The van der Waals surface area contributed by atoms with Gasteiger partial charge in [0.15, 0.2) is 0 Å². The van der Waals surface area contributed by atoms with Crippen LogP contribution in [0.2, 0.25) is 0 Å². The minimum Gasteiger partial charge on any atom is -0.481 e. The Balaban J connectivity index is 2.44. The van der Waals surface area contributed by atoms with Gasteiger partial charge in [0.1, 0.15) is 0 Å². The monoisotopic (exact) mass is 185 g/mol. The minimum atomic E-state index is -0.612. The predicted molar refractivity (Wildman–Crippen MR) is 51.7 cm³/mol. The summed E-state index contributed by atoms with van der Waals surface area (Å²) in [6.45, 7) is 0. The van der Waals surface area contributed by atoms with E-state index in [-0.39, 0.29) is 5.92 Å². The van der Waals surface area contributed by atoms with Crippen molar-refractivity contribution in [1.82, 2.24) is 4.90 Å². The van der Waals surface area contributed by atoms with Crippen molar-refractivity contribution in [2.24, 2.45) is 5.92 Å². The van der Waals surface area contributed by atoms with E-state index in [1.54, 1.807) is 0 Å². The Bertz CT molecular complexity index is 180. The summed E-state index contributed by atoms with van der Waals surface area (Å²) in [7, 11) is 4.15. The van der Waals surface area contributed by atoms with E-state index in [1.165, 1.54) is 0 Å². The summed E-state index contributed by atoms with van der Waals surface area (Å²) in [5.41, 5.74) is 0. The summed E-state index contributed by atoms with van der Waals surface area (Å²) < 4.78 is 0. The number of hydrogen-bond donors (Lipinski definition) is 1. The molecule has 1 rings (SSSR count). The number of carbonyl (C=O) groups is 1. The van der Waals surface area contributed by atoms with Crippen molar-refractivity contribution in [1.29, 1.82) is 0 Å². The number of hydrogen-bond acceptors (Lipinski definition) is 2. The van der Waals surface area contributed by atoms with Crippen molar-refractivity contribution in [3.05, 3.63) is 0 Å². The van der Waals surface area contributed by atoms with Gasteiger partial charge in [-0.3, -0.25) is 4.79 Å². The van der Waals surface area contributed by atoms with Gasteiger partial charge in [-0.2, -0.15) is 0 Å². The molecule has 0 heterocycles. The van der Waals surface area contributed by atoms with Crippen molar-refractivity contribution in [3.8, 4) is 0 Å². The van der Waals surface area contributed by atoms with Crippen LogP contribution in [-0.4, -0.2) is 36.1 Å². The molecule has 76 valence electrons. The zero-order valence-corrected chi connectivity index (χ0v) is 8.49. The SMILES string of the molecule is CN(C)C1CCCC(C(=O)O)CC1. The van der Waals surface area contributed by atoms with E-state index in [9.17, 15) is 4.79 Å². The molecule has 3 heteroatoms. The van der Waals surface area contributed by atoms with Crippen LogP contribution in [-0.2, 0) is 4.79 Å². The highest BCUT2D eigenvalue weighted by Crippen LogP contribution is 2.25. The van der Waals surface area contributed by atoms with Gasteiger partial charge < -0.3 is 10.0 Å². The second-order valence-corrected chi connectivity index (χ2v) is 4.16. The maximum absolute atomic E-state index is 10.8. The van der Waals surface area contributed by atoms with Crippen LogP contribution in [0.3, 0.4) is 0 Å². The van der Waals surface area contributed by atoms with E-state index >= 15 is 0 Å². The molecule has 13 heavy (non-hydrogen) atoms. The highest BCUT2D eigenvalue weighted by atomic mass is 16.4. The predicted octanol–water partition coefficient (Wildman–Crippen LogP) is 1.58. The van der Waals surface area contributed by atoms with Crippen LogP contribution in [0.25, 0.3) is 0 Å². The molecule has 0 bridgehead atoms. The van der Waals surface area contributed by atoms with Crippen LogP contribution in [0, 0.1) is 5.92 Å². The average molecular weight is 185 g/mol. The van der Waals surface area contributed by atoms with Gasteiger partial charge in [-0.25, -0.2) is 0 Å². The molecule has 1 N–H and O–H groups in total. The third-order valence-electron chi connectivity index (χ3n) is 3.02. The Morgan fingerprint density at radius 1 is 1.23 bits per heavy atom. The van der Waals surface area contributed by atoms with Gasteiger partial charge >= 0.3 is 5.97 Å².